The Morgan fingerprint density at radius 1 is 0.540 bits per heavy atom. The first-order valence-electron chi connectivity index (χ1n) is 23.3. The van der Waals surface area contributed by atoms with E-state index in [-0.39, 0.29) is 28.5 Å². The number of para-hydroxylation sites is 1. The summed E-state index contributed by atoms with van der Waals surface area (Å²) in [7, 11) is 0. The summed E-state index contributed by atoms with van der Waals surface area (Å²) in [6.45, 7) is 21.5. The molecule has 11 rings (SSSR count). The maximum absolute atomic E-state index is 2.88. The standard InChI is InChI=1S/C59H60BN3/c1-39-25-28-45(29-26-39)61(44-22-14-11-15-23-44)47-37-52-54-53(38-47)63-55-48(58(8)31-16-17-32-59(58,63)9)33-41(40-19-12-10-13-20-40)34-50(55)60(54)49-30-27-43(57(5,6)7)36-51(49)62(52)46-24-18-21-42(35-46)56(2,3)4/h10-15,18-30,33-38H,16-17,31-32H2,1-9H3. The minimum absolute atomic E-state index is 0.0139. The Morgan fingerprint density at radius 2 is 1.19 bits per heavy atom. The Labute approximate surface area is 376 Å². The molecule has 2 unspecified atom stereocenters. The Bertz CT molecular complexity index is 2920. The third kappa shape index (κ3) is 6.00. The van der Waals surface area contributed by atoms with Crippen molar-refractivity contribution in [2.75, 3.05) is 14.7 Å². The quantitative estimate of drug-likeness (QED) is 0.160. The van der Waals surface area contributed by atoms with Crippen molar-refractivity contribution < 1.29 is 0 Å². The van der Waals surface area contributed by atoms with Crippen molar-refractivity contribution in [3.05, 3.63) is 174 Å². The third-order valence-electron chi connectivity index (χ3n) is 15.5. The molecule has 1 fully saturated rings. The van der Waals surface area contributed by atoms with Crippen LogP contribution in [0.1, 0.15) is 103 Å². The average molecular weight is 822 g/mol. The van der Waals surface area contributed by atoms with Crippen molar-refractivity contribution in [2.45, 2.75) is 110 Å². The summed E-state index contributed by atoms with van der Waals surface area (Å²) >= 11 is 0. The molecule has 0 aromatic heterocycles. The van der Waals surface area contributed by atoms with Crippen molar-refractivity contribution in [1.29, 1.82) is 0 Å². The fourth-order valence-electron chi connectivity index (χ4n) is 11.8. The normalized spacial score (nSPS) is 19.6. The maximum atomic E-state index is 2.88. The predicted molar refractivity (Wildman–Crippen MR) is 271 cm³/mol. The van der Waals surface area contributed by atoms with Crippen molar-refractivity contribution in [2.24, 2.45) is 0 Å². The SMILES string of the molecule is Cc1ccc(N(c2ccccc2)c2cc3c4c(c2)N2c5c(cc(-c6ccccc6)cc5C5(C)CCCCC25C)B4c2ccc(C(C)(C)C)cc2N3c2cccc(C(C)(C)C)c2)cc1. The lowest BCUT2D eigenvalue weighted by atomic mass is 9.33. The molecule has 0 bridgehead atoms. The van der Waals surface area contributed by atoms with Gasteiger partial charge in [0.15, 0.2) is 0 Å². The van der Waals surface area contributed by atoms with Crippen LogP contribution in [0.3, 0.4) is 0 Å². The van der Waals surface area contributed by atoms with Crippen LogP contribution in [-0.2, 0) is 16.2 Å². The van der Waals surface area contributed by atoms with Crippen LogP contribution in [0.4, 0.5) is 45.5 Å². The van der Waals surface area contributed by atoms with E-state index in [1.807, 2.05) is 0 Å². The van der Waals surface area contributed by atoms with Gasteiger partial charge < -0.3 is 14.7 Å². The van der Waals surface area contributed by atoms with Gasteiger partial charge in [-0.2, -0.15) is 0 Å². The molecule has 7 aromatic rings. The third-order valence-corrected chi connectivity index (χ3v) is 15.5. The van der Waals surface area contributed by atoms with E-state index in [0.717, 1.165) is 17.8 Å². The van der Waals surface area contributed by atoms with E-state index in [4.69, 9.17) is 0 Å². The van der Waals surface area contributed by atoms with Crippen molar-refractivity contribution in [1.82, 2.24) is 0 Å². The second kappa shape index (κ2) is 14.0. The molecule has 3 nitrogen and oxygen atoms in total. The van der Waals surface area contributed by atoms with Crippen molar-refractivity contribution in [3.63, 3.8) is 0 Å². The molecule has 0 saturated heterocycles. The van der Waals surface area contributed by atoms with E-state index in [1.54, 1.807) is 0 Å². The minimum atomic E-state index is -0.121. The molecule has 3 heterocycles. The van der Waals surface area contributed by atoms with Gasteiger partial charge in [-0.1, -0.05) is 158 Å². The zero-order chi connectivity index (χ0) is 43.6. The van der Waals surface area contributed by atoms with E-state index in [2.05, 4.69) is 229 Å². The van der Waals surface area contributed by atoms with Crippen molar-refractivity contribution in [3.8, 4) is 11.1 Å². The lowest BCUT2D eigenvalue weighted by molar-refractivity contribution is 0.195. The molecule has 0 radical (unpaired) electrons. The van der Waals surface area contributed by atoms with E-state index in [9.17, 15) is 0 Å². The van der Waals surface area contributed by atoms with Crippen molar-refractivity contribution >= 4 is 68.6 Å². The highest BCUT2D eigenvalue weighted by atomic mass is 15.3. The van der Waals surface area contributed by atoms with Gasteiger partial charge in [0.2, 0.25) is 0 Å². The van der Waals surface area contributed by atoms with Gasteiger partial charge in [0.25, 0.3) is 6.71 Å². The number of nitrogens with zero attached hydrogens (tertiary/aromatic N) is 3. The molecule has 4 aliphatic rings. The molecule has 7 aromatic carbocycles. The van der Waals surface area contributed by atoms with Crippen LogP contribution < -0.4 is 31.1 Å². The summed E-state index contributed by atoms with van der Waals surface area (Å²) in [4.78, 5) is 8.01. The molecule has 0 spiro atoms. The topological polar surface area (TPSA) is 9.72 Å². The molecule has 1 aliphatic carbocycles. The fourth-order valence-corrected chi connectivity index (χ4v) is 11.8. The number of anilines is 8. The zero-order valence-corrected chi connectivity index (χ0v) is 38.7. The van der Waals surface area contributed by atoms with Gasteiger partial charge >= 0.3 is 0 Å². The predicted octanol–water partition coefficient (Wildman–Crippen LogP) is 14.1. The Morgan fingerprint density at radius 3 is 1.90 bits per heavy atom. The summed E-state index contributed by atoms with van der Waals surface area (Å²) in [5.41, 5.74) is 22.1. The number of benzene rings is 7. The van der Waals surface area contributed by atoms with E-state index in [1.165, 1.54) is 103 Å². The molecule has 314 valence electrons. The van der Waals surface area contributed by atoms with Crippen LogP contribution in [0.25, 0.3) is 11.1 Å². The summed E-state index contributed by atoms with van der Waals surface area (Å²) in [6.07, 6.45) is 4.79. The molecule has 4 heteroatoms. The van der Waals surface area contributed by atoms with E-state index < -0.39 is 0 Å². The zero-order valence-electron chi connectivity index (χ0n) is 38.7. The molecule has 1 saturated carbocycles. The van der Waals surface area contributed by atoms with Gasteiger partial charge in [-0.15, -0.1) is 0 Å². The smallest absolute Gasteiger partial charge is 0.252 e. The second-order valence-corrected chi connectivity index (χ2v) is 21.5. The number of fused-ring (bicyclic) bond motifs is 7. The van der Waals surface area contributed by atoms with Crippen LogP contribution in [0.15, 0.2) is 152 Å². The van der Waals surface area contributed by atoms with Crippen LogP contribution in [0.2, 0.25) is 0 Å². The van der Waals surface area contributed by atoms with Gasteiger partial charge in [0, 0.05) is 45.2 Å². The number of rotatable bonds is 5. The average Bonchev–Trinajstić information content (AvgIpc) is 3.49. The number of aryl methyl sites for hydroxylation is 1. The van der Waals surface area contributed by atoms with E-state index in [0.29, 0.717) is 0 Å². The number of hydrogen-bond acceptors (Lipinski definition) is 3. The minimum Gasteiger partial charge on any atom is -0.335 e. The highest BCUT2D eigenvalue weighted by molar-refractivity contribution is 7.00. The maximum Gasteiger partial charge on any atom is 0.252 e. The first-order valence-corrected chi connectivity index (χ1v) is 23.3. The lowest BCUT2D eigenvalue weighted by Gasteiger charge is -2.53. The van der Waals surface area contributed by atoms with Gasteiger partial charge in [-0.25, -0.2) is 0 Å². The van der Waals surface area contributed by atoms with Crippen LogP contribution in [0.5, 0.6) is 0 Å². The Kier molecular flexibility index (Phi) is 8.85. The number of hydrogen-bond donors (Lipinski definition) is 0. The van der Waals surface area contributed by atoms with Crippen LogP contribution >= 0.6 is 0 Å². The highest BCUT2D eigenvalue weighted by Gasteiger charge is 2.61. The molecule has 63 heavy (non-hydrogen) atoms. The first-order chi connectivity index (χ1) is 30.2. The molecule has 2 atom stereocenters. The molecule has 3 aliphatic heterocycles. The lowest BCUT2D eigenvalue weighted by Crippen LogP contribution is -2.64. The summed E-state index contributed by atoms with van der Waals surface area (Å²) < 4.78 is 0. The largest absolute Gasteiger partial charge is 0.335 e. The molecule has 0 amide bonds. The van der Waals surface area contributed by atoms with Gasteiger partial charge in [0.1, 0.15) is 0 Å². The van der Waals surface area contributed by atoms with Gasteiger partial charge in [0.05, 0.1) is 11.2 Å². The summed E-state index contributed by atoms with van der Waals surface area (Å²) in [6, 6.07) is 58.3. The van der Waals surface area contributed by atoms with Gasteiger partial charge in [-0.05, 0) is 142 Å². The molecular formula is C59H60BN3. The summed E-state index contributed by atoms with van der Waals surface area (Å²) in [5.74, 6) is 0. The van der Waals surface area contributed by atoms with Gasteiger partial charge in [-0.3, -0.25) is 0 Å². The molecule has 0 N–H and O–H groups in total. The van der Waals surface area contributed by atoms with Crippen LogP contribution in [0, 0.1) is 6.92 Å². The Hall–Kier alpha value is -6.00. The fraction of sp³-hybridized carbons (Fsp3) is 0.288. The Balaban J connectivity index is 1.30. The first kappa shape index (κ1) is 39.8. The summed E-state index contributed by atoms with van der Waals surface area (Å²) in [5, 5.41) is 0. The second-order valence-electron chi connectivity index (χ2n) is 21.5. The highest BCUT2D eigenvalue weighted by Crippen LogP contribution is 2.63. The molecular weight excluding hydrogens is 761 g/mol. The van der Waals surface area contributed by atoms with E-state index >= 15 is 0 Å². The monoisotopic (exact) mass is 821 g/mol. The van der Waals surface area contributed by atoms with Crippen LogP contribution in [-0.4, -0.2) is 12.3 Å².